The predicted octanol–water partition coefficient (Wildman–Crippen LogP) is 0.550. The maximum atomic E-state index is 12.0. The lowest BCUT2D eigenvalue weighted by atomic mass is 10.1. The molecule has 1 N–H and O–H groups in total. The maximum absolute atomic E-state index is 12.0. The number of aliphatic hydroxyl groups excluding tert-OH is 1. The van der Waals surface area contributed by atoms with Gasteiger partial charge in [-0.2, -0.15) is 5.26 Å². The topological polar surface area (TPSA) is 77.2 Å². The van der Waals surface area contributed by atoms with Gasteiger partial charge in [-0.25, -0.2) is 4.98 Å². The van der Waals surface area contributed by atoms with Gasteiger partial charge in [0.1, 0.15) is 11.8 Å². The Hall–Kier alpha value is -1.93. The highest BCUT2D eigenvalue weighted by Gasteiger charge is 2.22. The van der Waals surface area contributed by atoms with Crippen LogP contribution in [0, 0.1) is 11.3 Å². The zero-order valence-electron chi connectivity index (χ0n) is 9.33. The van der Waals surface area contributed by atoms with Gasteiger partial charge in [0.25, 0.3) is 5.91 Å². The van der Waals surface area contributed by atoms with Gasteiger partial charge in [0.05, 0.1) is 11.7 Å². The molecule has 0 unspecified atom stereocenters. The molecule has 1 aliphatic heterocycles. The molecule has 5 nitrogen and oxygen atoms in total. The third-order valence-corrected chi connectivity index (χ3v) is 2.86. The standard InChI is InChI=1S/C12H13N3O2/c13-7-9-1-2-11(14-8-9)12(17)15-5-3-10(16)4-6-15/h1-2,8,10,16H,3-6H2. The fourth-order valence-corrected chi connectivity index (χ4v) is 1.82. The van der Waals surface area contributed by atoms with Gasteiger partial charge in [0.2, 0.25) is 0 Å². The van der Waals surface area contributed by atoms with Crippen LogP contribution in [0.15, 0.2) is 18.3 Å². The number of hydrogen-bond donors (Lipinski definition) is 1. The van der Waals surface area contributed by atoms with Crippen LogP contribution < -0.4 is 0 Å². The largest absolute Gasteiger partial charge is 0.393 e. The maximum Gasteiger partial charge on any atom is 0.272 e. The quantitative estimate of drug-likeness (QED) is 0.765. The monoisotopic (exact) mass is 231 g/mol. The number of nitrogens with zero attached hydrogens (tertiary/aromatic N) is 3. The molecule has 5 heteroatoms. The third-order valence-electron chi connectivity index (χ3n) is 2.86. The molecule has 1 amide bonds. The Kier molecular flexibility index (Phi) is 3.35. The van der Waals surface area contributed by atoms with Crippen LogP contribution in [0.1, 0.15) is 28.9 Å². The second-order valence-electron chi connectivity index (χ2n) is 4.07. The number of hydrogen-bond acceptors (Lipinski definition) is 4. The molecule has 1 aromatic rings. The number of aliphatic hydroxyl groups is 1. The van der Waals surface area contributed by atoms with E-state index in [1.54, 1.807) is 17.0 Å². The van der Waals surface area contributed by atoms with Gasteiger partial charge in [0.15, 0.2) is 0 Å². The molecular formula is C12H13N3O2. The first-order chi connectivity index (χ1) is 8.20. The minimum absolute atomic E-state index is 0.138. The zero-order chi connectivity index (χ0) is 12.3. The summed E-state index contributed by atoms with van der Waals surface area (Å²) in [5.74, 6) is -0.138. The number of piperidine rings is 1. The van der Waals surface area contributed by atoms with E-state index in [0.717, 1.165) is 0 Å². The van der Waals surface area contributed by atoms with Crippen LogP contribution in [0.3, 0.4) is 0 Å². The van der Waals surface area contributed by atoms with Gasteiger partial charge in [-0.15, -0.1) is 0 Å². The summed E-state index contributed by atoms with van der Waals surface area (Å²) in [5, 5.41) is 18.0. The van der Waals surface area contributed by atoms with Crippen LogP contribution in [0.4, 0.5) is 0 Å². The van der Waals surface area contributed by atoms with E-state index < -0.39 is 0 Å². The number of likely N-dealkylation sites (tertiary alicyclic amines) is 1. The Bertz CT molecular complexity index is 442. The summed E-state index contributed by atoms with van der Waals surface area (Å²) in [6.07, 6.45) is 2.32. The molecular weight excluding hydrogens is 218 g/mol. The zero-order valence-corrected chi connectivity index (χ0v) is 9.33. The van der Waals surface area contributed by atoms with Crippen molar-refractivity contribution in [2.45, 2.75) is 18.9 Å². The summed E-state index contributed by atoms with van der Waals surface area (Å²) in [4.78, 5) is 17.7. The Morgan fingerprint density at radius 1 is 1.47 bits per heavy atom. The van der Waals surface area contributed by atoms with Crippen LogP contribution in [0.2, 0.25) is 0 Å². The van der Waals surface area contributed by atoms with Crippen molar-refractivity contribution < 1.29 is 9.90 Å². The fourth-order valence-electron chi connectivity index (χ4n) is 1.82. The molecule has 0 saturated carbocycles. The van der Waals surface area contributed by atoms with Crippen molar-refractivity contribution in [1.29, 1.82) is 5.26 Å². The van der Waals surface area contributed by atoms with E-state index in [1.165, 1.54) is 6.20 Å². The van der Waals surface area contributed by atoms with Crippen molar-refractivity contribution >= 4 is 5.91 Å². The van der Waals surface area contributed by atoms with E-state index in [0.29, 0.717) is 37.2 Å². The molecule has 0 spiro atoms. The molecule has 0 aromatic carbocycles. The second-order valence-corrected chi connectivity index (χ2v) is 4.07. The summed E-state index contributed by atoms with van der Waals surface area (Å²) in [5.41, 5.74) is 0.788. The van der Waals surface area contributed by atoms with Crippen molar-refractivity contribution in [1.82, 2.24) is 9.88 Å². The Morgan fingerprint density at radius 3 is 2.71 bits per heavy atom. The molecule has 0 aliphatic carbocycles. The first kappa shape index (κ1) is 11.6. The normalized spacial score (nSPS) is 16.6. The minimum atomic E-state index is -0.298. The SMILES string of the molecule is N#Cc1ccc(C(=O)N2CCC(O)CC2)nc1. The van der Waals surface area contributed by atoms with Crippen LogP contribution in [0.5, 0.6) is 0 Å². The molecule has 1 aromatic heterocycles. The van der Waals surface area contributed by atoms with Crippen LogP contribution in [-0.2, 0) is 0 Å². The van der Waals surface area contributed by atoms with Crippen molar-refractivity contribution in [3.63, 3.8) is 0 Å². The molecule has 0 radical (unpaired) electrons. The van der Waals surface area contributed by atoms with Gasteiger partial charge < -0.3 is 10.0 Å². The van der Waals surface area contributed by atoms with Gasteiger partial charge in [-0.3, -0.25) is 4.79 Å². The van der Waals surface area contributed by atoms with Gasteiger partial charge >= 0.3 is 0 Å². The predicted molar refractivity (Wildman–Crippen MR) is 60.1 cm³/mol. The summed E-state index contributed by atoms with van der Waals surface area (Å²) in [6, 6.07) is 5.10. The molecule has 1 aliphatic rings. The van der Waals surface area contributed by atoms with Gasteiger partial charge in [-0.1, -0.05) is 0 Å². The summed E-state index contributed by atoms with van der Waals surface area (Å²) >= 11 is 0. The fraction of sp³-hybridized carbons (Fsp3) is 0.417. The van der Waals surface area contributed by atoms with Crippen molar-refractivity contribution in [2.24, 2.45) is 0 Å². The van der Waals surface area contributed by atoms with E-state index in [4.69, 9.17) is 5.26 Å². The highest BCUT2D eigenvalue weighted by atomic mass is 16.3. The summed E-state index contributed by atoms with van der Waals surface area (Å²) < 4.78 is 0. The van der Waals surface area contributed by atoms with E-state index in [9.17, 15) is 9.90 Å². The van der Waals surface area contributed by atoms with E-state index in [1.807, 2.05) is 6.07 Å². The summed E-state index contributed by atoms with van der Waals surface area (Å²) in [6.45, 7) is 1.11. The smallest absolute Gasteiger partial charge is 0.272 e. The first-order valence-electron chi connectivity index (χ1n) is 5.54. The first-order valence-corrected chi connectivity index (χ1v) is 5.54. The van der Waals surface area contributed by atoms with E-state index in [-0.39, 0.29) is 12.0 Å². The van der Waals surface area contributed by atoms with Crippen molar-refractivity contribution in [3.05, 3.63) is 29.6 Å². The lowest BCUT2D eigenvalue weighted by molar-refractivity contribution is 0.0541. The Labute approximate surface area is 99.3 Å². The summed E-state index contributed by atoms with van der Waals surface area (Å²) in [7, 11) is 0. The lowest BCUT2D eigenvalue weighted by Gasteiger charge is -2.29. The second kappa shape index (κ2) is 4.93. The molecule has 17 heavy (non-hydrogen) atoms. The third kappa shape index (κ3) is 2.60. The van der Waals surface area contributed by atoms with Crippen molar-refractivity contribution in [2.75, 3.05) is 13.1 Å². The molecule has 1 saturated heterocycles. The van der Waals surface area contributed by atoms with Crippen LogP contribution >= 0.6 is 0 Å². The van der Waals surface area contributed by atoms with E-state index >= 15 is 0 Å². The number of pyridine rings is 1. The lowest BCUT2D eigenvalue weighted by Crippen LogP contribution is -2.40. The number of carbonyl (C=O) groups excluding carboxylic acids is 1. The highest BCUT2D eigenvalue weighted by molar-refractivity contribution is 5.92. The average Bonchev–Trinajstić information content (AvgIpc) is 2.39. The molecule has 0 atom stereocenters. The van der Waals surface area contributed by atoms with Crippen LogP contribution in [0.25, 0.3) is 0 Å². The molecule has 2 heterocycles. The van der Waals surface area contributed by atoms with Gasteiger partial charge in [-0.05, 0) is 25.0 Å². The molecule has 2 rings (SSSR count). The molecule has 88 valence electrons. The Balaban J connectivity index is 2.06. The number of carbonyl (C=O) groups is 1. The minimum Gasteiger partial charge on any atom is -0.393 e. The number of aromatic nitrogens is 1. The number of nitriles is 1. The molecule has 1 fully saturated rings. The molecule has 0 bridgehead atoms. The van der Waals surface area contributed by atoms with E-state index in [2.05, 4.69) is 4.98 Å². The average molecular weight is 231 g/mol. The van der Waals surface area contributed by atoms with Gasteiger partial charge in [0, 0.05) is 19.3 Å². The number of rotatable bonds is 1. The Morgan fingerprint density at radius 2 is 2.18 bits per heavy atom. The number of amides is 1. The highest BCUT2D eigenvalue weighted by Crippen LogP contribution is 2.12. The van der Waals surface area contributed by atoms with Crippen LogP contribution in [-0.4, -0.2) is 40.1 Å². The van der Waals surface area contributed by atoms with Crippen molar-refractivity contribution in [3.8, 4) is 6.07 Å².